The number of rotatable bonds is 4. The van der Waals surface area contributed by atoms with Crippen molar-refractivity contribution in [2.24, 2.45) is 0 Å². The van der Waals surface area contributed by atoms with Gasteiger partial charge in [0, 0.05) is 40.8 Å². The maximum absolute atomic E-state index is 2.56. The van der Waals surface area contributed by atoms with Crippen LogP contribution in [0.3, 0.4) is 0 Å². The zero-order chi connectivity index (χ0) is 18.9. The molecule has 0 spiro atoms. The first-order valence-electron chi connectivity index (χ1n) is 10.4. The Morgan fingerprint density at radius 3 is 2.39 bits per heavy atom. The van der Waals surface area contributed by atoms with Crippen LogP contribution in [0.2, 0.25) is 0 Å². The van der Waals surface area contributed by atoms with E-state index >= 15 is 0 Å². The van der Waals surface area contributed by atoms with E-state index in [4.69, 9.17) is 0 Å². The zero-order valence-corrected chi connectivity index (χ0v) is 16.6. The fourth-order valence-corrected chi connectivity index (χ4v) is 4.55. The van der Waals surface area contributed by atoms with Crippen LogP contribution in [0.15, 0.2) is 73.1 Å². The highest BCUT2D eigenvalue weighted by molar-refractivity contribution is 5.86. The molecule has 2 aromatic carbocycles. The van der Waals surface area contributed by atoms with Gasteiger partial charge in [-0.2, -0.15) is 0 Å². The van der Waals surface area contributed by atoms with Gasteiger partial charge in [0.15, 0.2) is 18.9 Å². The van der Waals surface area contributed by atoms with Gasteiger partial charge in [0.05, 0.1) is 0 Å². The average Bonchev–Trinajstić information content (AvgIpc) is 3.05. The van der Waals surface area contributed by atoms with Crippen molar-refractivity contribution in [3.63, 3.8) is 0 Å². The number of benzene rings is 2. The van der Waals surface area contributed by atoms with Crippen LogP contribution < -0.4 is 4.57 Å². The summed E-state index contributed by atoms with van der Waals surface area (Å²) in [5.74, 6) is 0. The first-order valence-corrected chi connectivity index (χ1v) is 10.4. The third-order valence-corrected chi connectivity index (χ3v) is 6.07. The van der Waals surface area contributed by atoms with E-state index in [1.165, 1.54) is 53.3 Å². The summed E-state index contributed by atoms with van der Waals surface area (Å²) in [4.78, 5) is 0. The molecule has 4 aromatic rings. The maximum Gasteiger partial charge on any atom is 0.173 e. The first kappa shape index (κ1) is 17.2. The molecule has 2 heteroatoms. The lowest BCUT2D eigenvalue weighted by atomic mass is 9.95. The van der Waals surface area contributed by atoms with Crippen molar-refractivity contribution in [3.05, 3.63) is 101 Å². The van der Waals surface area contributed by atoms with Gasteiger partial charge >= 0.3 is 0 Å². The van der Waals surface area contributed by atoms with Gasteiger partial charge in [-0.25, -0.2) is 4.57 Å². The molecule has 5 rings (SSSR count). The van der Waals surface area contributed by atoms with Gasteiger partial charge in [-0.1, -0.05) is 48.0 Å². The largest absolute Gasteiger partial charge is 0.340 e. The molecule has 0 saturated carbocycles. The van der Waals surface area contributed by atoms with E-state index in [2.05, 4.69) is 89.1 Å². The summed E-state index contributed by atoms with van der Waals surface area (Å²) in [6.07, 6.45) is 9.51. The molecule has 0 saturated heterocycles. The molecule has 0 amide bonds. The Bertz CT molecular complexity index is 1100. The van der Waals surface area contributed by atoms with Crippen LogP contribution >= 0.6 is 0 Å². The van der Waals surface area contributed by atoms with Crippen molar-refractivity contribution in [3.8, 4) is 0 Å². The highest BCUT2D eigenvalue weighted by atomic mass is 15.0. The van der Waals surface area contributed by atoms with Crippen LogP contribution in [-0.4, -0.2) is 4.57 Å². The van der Waals surface area contributed by atoms with Gasteiger partial charge in [-0.15, -0.1) is 0 Å². The van der Waals surface area contributed by atoms with E-state index in [9.17, 15) is 0 Å². The normalized spacial score (nSPS) is 13.6. The SMILES string of the molecule is Cc1ccc(C[n+]2ccc(Cn3c4c(c5ccccc53)CCCC4)cc2)cc1. The maximum atomic E-state index is 2.56. The summed E-state index contributed by atoms with van der Waals surface area (Å²) >= 11 is 0. The third kappa shape index (κ3) is 3.24. The molecule has 1 aliphatic carbocycles. The quantitative estimate of drug-likeness (QED) is 0.438. The third-order valence-electron chi connectivity index (χ3n) is 6.07. The number of para-hydroxylation sites is 1. The lowest BCUT2D eigenvalue weighted by molar-refractivity contribution is -0.688. The Balaban J connectivity index is 1.41. The van der Waals surface area contributed by atoms with E-state index in [0.29, 0.717) is 0 Å². The summed E-state index contributed by atoms with van der Waals surface area (Å²) < 4.78 is 4.82. The number of fused-ring (bicyclic) bond motifs is 3. The van der Waals surface area contributed by atoms with Crippen LogP contribution in [0.5, 0.6) is 0 Å². The number of hydrogen-bond donors (Lipinski definition) is 0. The van der Waals surface area contributed by atoms with Gasteiger partial charge in [0.25, 0.3) is 0 Å². The van der Waals surface area contributed by atoms with Crippen molar-refractivity contribution in [2.45, 2.75) is 45.7 Å². The molecule has 0 unspecified atom stereocenters. The van der Waals surface area contributed by atoms with Crippen LogP contribution in [0, 0.1) is 6.92 Å². The topological polar surface area (TPSA) is 8.81 Å². The predicted molar refractivity (Wildman–Crippen MR) is 115 cm³/mol. The lowest BCUT2D eigenvalue weighted by Gasteiger charge is -2.16. The van der Waals surface area contributed by atoms with Crippen LogP contribution in [-0.2, 0) is 25.9 Å². The van der Waals surface area contributed by atoms with Crippen molar-refractivity contribution in [1.82, 2.24) is 4.57 Å². The molecule has 2 nitrogen and oxygen atoms in total. The molecule has 0 atom stereocenters. The van der Waals surface area contributed by atoms with E-state index < -0.39 is 0 Å². The molecule has 28 heavy (non-hydrogen) atoms. The van der Waals surface area contributed by atoms with Gasteiger partial charge in [-0.05, 0) is 49.8 Å². The number of pyridine rings is 1. The predicted octanol–water partition coefficient (Wildman–Crippen LogP) is 5.21. The molecule has 0 N–H and O–H groups in total. The fourth-order valence-electron chi connectivity index (χ4n) is 4.55. The van der Waals surface area contributed by atoms with Gasteiger partial charge < -0.3 is 4.57 Å². The smallest absolute Gasteiger partial charge is 0.173 e. The Kier molecular flexibility index (Phi) is 4.48. The minimum Gasteiger partial charge on any atom is -0.340 e. The van der Waals surface area contributed by atoms with Gasteiger partial charge in [0.2, 0.25) is 0 Å². The highest BCUT2D eigenvalue weighted by Gasteiger charge is 2.19. The molecule has 0 radical (unpaired) electrons. The number of nitrogens with zero attached hydrogens (tertiary/aromatic N) is 2. The summed E-state index contributed by atoms with van der Waals surface area (Å²) in [6, 6.07) is 22.3. The Morgan fingerprint density at radius 2 is 1.57 bits per heavy atom. The second-order valence-corrected chi connectivity index (χ2v) is 8.10. The number of aromatic nitrogens is 2. The zero-order valence-electron chi connectivity index (χ0n) is 16.6. The molecule has 0 aliphatic heterocycles. The first-order chi connectivity index (χ1) is 13.8. The molecule has 0 bridgehead atoms. The Hall–Kier alpha value is -2.87. The van der Waals surface area contributed by atoms with Gasteiger partial charge in [0.1, 0.15) is 0 Å². The van der Waals surface area contributed by atoms with Crippen molar-refractivity contribution >= 4 is 10.9 Å². The molecule has 1 aliphatic rings. The van der Waals surface area contributed by atoms with Crippen molar-refractivity contribution in [1.29, 1.82) is 0 Å². The van der Waals surface area contributed by atoms with E-state index in [1.54, 1.807) is 11.3 Å². The Labute approximate surface area is 167 Å². The molecular weight excluding hydrogens is 340 g/mol. The van der Waals surface area contributed by atoms with E-state index in [-0.39, 0.29) is 0 Å². The molecule has 2 heterocycles. The number of hydrogen-bond acceptors (Lipinski definition) is 0. The molecule has 140 valence electrons. The second-order valence-electron chi connectivity index (χ2n) is 8.10. The van der Waals surface area contributed by atoms with Crippen molar-refractivity contribution in [2.75, 3.05) is 0 Å². The fraction of sp³-hybridized carbons (Fsp3) is 0.269. The van der Waals surface area contributed by atoms with Crippen molar-refractivity contribution < 1.29 is 4.57 Å². The Morgan fingerprint density at radius 1 is 0.821 bits per heavy atom. The standard InChI is InChI=1S/C26H27N2/c1-20-10-12-21(13-11-20)18-27-16-14-22(15-17-27)19-28-25-8-4-2-6-23(25)24-7-3-5-9-26(24)28/h2,4,6,8,10-17H,3,5,7,9,18-19H2,1H3/q+1. The average molecular weight is 368 g/mol. The minimum absolute atomic E-state index is 0.919. The second kappa shape index (κ2) is 7.27. The summed E-state index contributed by atoms with van der Waals surface area (Å²) in [5, 5.41) is 1.46. The summed E-state index contributed by atoms with van der Waals surface area (Å²) in [7, 11) is 0. The van der Waals surface area contributed by atoms with Crippen LogP contribution in [0.25, 0.3) is 10.9 Å². The van der Waals surface area contributed by atoms with Gasteiger partial charge in [-0.3, -0.25) is 0 Å². The monoisotopic (exact) mass is 367 g/mol. The molecule has 2 aromatic heterocycles. The lowest BCUT2D eigenvalue weighted by Crippen LogP contribution is -2.33. The summed E-state index contributed by atoms with van der Waals surface area (Å²) in [6.45, 7) is 4.01. The minimum atomic E-state index is 0.919. The van der Waals surface area contributed by atoms with E-state index in [0.717, 1.165) is 13.1 Å². The number of aryl methyl sites for hydroxylation is 2. The summed E-state index contributed by atoms with van der Waals surface area (Å²) in [5.41, 5.74) is 8.57. The highest BCUT2D eigenvalue weighted by Crippen LogP contribution is 2.32. The molecule has 0 fully saturated rings. The van der Waals surface area contributed by atoms with Crippen LogP contribution in [0.4, 0.5) is 0 Å². The van der Waals surface area contributed by atoms with E-state index in [1.807, 2.05) is 0 Å². The molecular formula is C26H27N2+. The van der Waals surface area contributed by atoms with Crippen LogP contribution in [0.1, 0.15) is 40.8 Å².